The zero-order chi connectivity index (χ0) is 47.2. The fraction of sp³-hybridized carbons (Fsp3) is 0.610. The Morgan fingerprint density at radius 3 is 0.954 bits per heavy atom. The van der Waals surface area contributed by atoms with Crippen LogP contribution in [0.3, 0.4) is 0 Å². The van der Waals surface area contributed by atoms with Crippen molar-refractivity contribution in [3.8, 4) is 0 Å². The van der Waals surface area contributed by atoms with E-state index in [0.29, 0.717) is 12.8 Å². The predicted octanol–water partition coefficient (Wildman–Crippen LogP) is 17.3. The third-order valence-corrected chi connectivity index (χ3v) is 10.5. The summed E-state index contributed by atoms with van der Waals surface area (Å²) in [5.41, 5.74) is 0. The van der Waals surface area contributed by atoms with Crippen molar-refractivity contribution in [1.29, 1.82) is 0 Å². The zero-order valence-electron chi connectivity index (χ0n) is 41.7. The average molecular weight is 899 g/mol. The van der Waals surface area contributed by atoms with Gasteiger partial charge in [0.05, 0.1) is 0 Å². The fourth-order valence-electron chi connectivity index (χ4n) is 6.61. The van der Waals surface area contributed by atoms with E-state index in [4.69, 9.17) is 14.2 Å². The number of carbonyl (C=O) groups excluding carboxylic acids is 3. The van der Waals surface area contributed by atoms with Gasteiger partial charge in [-0.2, -0.15) is 0 Å². The number of ether oxygens (including phenoxy) is 3. The van der Waals surface area contributed by atoms with Crippen LogP contribution in [0.4, 0.5) is 0 Å². The third kappa shape index (κ3) is 50.7. The summed E-state index contributed by atoms with van der Waals surface area (Å²) in [6, 6.07) is 0. The molecule has 0 aliphatic rings. The molecule has 6 heteroatoms. The molecule has 0 saturated carbocycles. The molecule has 1 unspecified atom stereocenters. The summed E-state index contributed by atoms with van der Waals surface area (Å²) < 4.78 is 16.7. The number of allylic oxidation sites excluding steroid dienone is 20. The Morgan fingerprint density at radius 2 is 0.600 bits per heavy atom. The fourth-order valence-corrected chi connectivity index (χ4v) is 6.61. The van der Waals surface area contributed by atoms with Crippen LogP contribution in [0, 0.1) is 0 Å². The number of esters is 3. The van der Waals surface area contributed by atoms with Crippen LogP contribution >= 0.6 is 0 Å². The highest BCUT2D eigenvalue weighted by Crippen LogP contribution is 2.12. The first-order valence-corrected chi connectivity index (χ1v) is 26.0. The van der Waals surface area contributed by atoms with Crippen LogP contribution in [-0.4, -0.2) is 37.2 Å². The minimum Gasteiger partial charge on any atom is -0.462 e. The molecule has 1 atom stereocenters. The Hall–Kier alpha value is -4.19. The van der Waals surface area contributed by atoms with Crippen molar-refractivity contribution < 1.29 is 28.6 Å². The van der Waals surface area contributed by atoms with Gasteiger partial charge in [0.15, 0.2) is 6.10 Å². The molecule has 0 N–H and O–H groups in total. The second-order valence-electron chi connectivity index (χ2n) is 16.7. The number of hydrogen-bond acceptors (Lipinski definition) is 6. The maximum Gasteiger partial charge on any atom is 0.306 e. The first-order chi connectivity index (χ1) is 32.0. The highest BCUT2D eigenvalue weighted by atomic mass is 16.6. The van der Waals surface area contributed by atoms with Gasteiger partial charge >= 0.3 is 17.9 Å². The highest BCUT2D eigenvalue weighted by Gasteiger charge is 2.19. The number of unbranched alkanes of at least 4 members (excludes halogenated alkanes) is 14. The molecular formula is C59H94O6. The molecular weight excluding hydrogens is 805 g/mol. The van der Waals surface area contributed by atoms with Gasteiger partial charge in [-0.1, -0.05) is 206 Å². The summed E-state index contributed by atoms with van der Waals surface area (Å²) >= 11 is 0. The van der Waals surface area contributed by atoms with Crippen molar-refractivity contribution >= 4 is 17.9 Å². The van der Waals surface area contributed by atoms with Gasteiger partial charge in [-0.25, -0.2) is 0 Å². The quantitative estimate of drug-likeness (QED) is 0.0262. The lowest BCUT2D eigenvalue weighted by molar-refractivity contribution is -0.167. The van der Waals surface area contributed by atoms with Crippen molar-refractivity contribution in [2.45, 2.75) is 219 Å². The number of carbonyl (C=O) groups is 3. The van der Waals surface area contributed by atoms with E-state index >= 15 is 0 Å². The third-order valence-electron chi connectivity index (χ3n) is 10.5. The van der Waals surface area contributed by atoms with Crippen LogP contribution in [-0.2, 0) is 28.6 Å². The normalized spacial score (nSPS) is 13.1. The van der Waals surface area contributed by atoms with Gasteiger partial charge in [0, 0.05) is 19.3 Å². The lowest BCUT2D eigenvalue weighted by Crippen LogP contribution is -2.30. The molecule has 6 nitrogen and oxygen atoms in total. The maximum absolute atomic E-state index is 12.7. The van der Waals surface area contributed by atoms with Crippen LogP contribution in [0.15, 0.2) is 122 Å². The second-order valence-corrected chi connectivity index (χ2v) is 16.7. The maximum atomic E-state index is 12.7. The van der Waals surface area contributed by atoms with Gasteiger partial charge in [0.25, 0.3) is 0 Å². The zero-order valence-corrected chi connectivity index (χ0v) is 41.7. The van der Waals surface area contributed by atoms with Crippen molar-refractivity contribution in [2.24, 2.45) is 0 Å². The second kappa shape index (κ2) is 52.4. The molecule has 0 aliphatic heterocycles. The Balaban J connectivity index is 4.28. The minimum absolute atomic E-state index is 0.0989. The molecule has 0 heterocycles. The SMILES string of the molecule is CC/C=C\C/C=C\C/C=C\C/C=C\C/C=C\C/C=C\C/C=C\CCCCCCCC(=O)OCC(COC(=O)CCCCCCCCC)OC(=O)CCCCC/C=C\C/C=C\C/C=C\CC. The van der Waals surface area contributed by atoms with Gasteiger partial charge in [0.1, 0.15) is 13.2 Å². The van der Waals surface area contributed by atoms with Crippen LogP contribution in [0.2, 0.25) is 0 Å². The first-order valence-electron chi connectivity index (χ1n) is 26.0. The van der Waals surface area contributed by atoms with Gasteiger partial charge < -0.3 is 14.2 Å². The molecule has 0 spiro atoms. The first kappa shape index (κ1) is 60.8. The summed E-state index contributed by atoms with van der Waals surface area (Å²) in [7, 11) is 0. The smallest absolute Gasteiger partial charge is 0.306 e. The van der Waals surface area contributed by atoms with E-state index in [9.17, 15) is 14.4 Å². The molecule has 0 aromatic rings. The molecule has 0 rings (SSSR count). The van der Waals surface area contributed by atoms with Crippen molar-refractivity contribution in [2.75, 3.05) is 13.2 Å². The minimum atomic E-state index is -0.801. The van der Waals surface area contributed by atoms with Crippen LogP contribution in [0.1, 0.15) is 213 Å². The molecule has 0 radical (unpaired) electrons. The molecule has 0 aromatic heterocycles. The van der Waals surface area contributed by atoms with Crippen molar-refractivity contribution in [3.05, 3.63) is 122 Å². The standard InChI is InChI=1S/C59H94O6/c1-4-7-10-13-16-18-20-22-23-24-25-26-27-28-29-30-31-32-33-34-35-37-38-40-43-46-49-52-58(61)64-55-56(54-63-57(60)51-48-45-42-15-12-9-6-3)65-59(62)53-50-47-44-41-39-36-21-19-17-14-11-8-5-2/h7-8,10-11,16-19,22-23,25-26,28-29,31-32,34-36,39,56H,4-6,9,12-15,20-21,24,27,30,33,37-38,40-55H2,1-3H3/b10-7-,11-8-,18-16-,19-17-,23-22-,26-25-,29-28-,32-31-,35-34-,39-36-. The van der Waals surface area contributed by atoms with E-state index in [-0.39, 0.29) is 37.5 Å². The van der Waals surface area contributed by atoms with Crippen LogP contribution < -0.4 is 0 Å². The van der Waals surface area contributed by atoms with E-state index in [1.807, 2.05) is 0 Å². The predicted molar refractivity (Wildman–Crippen MR) is 279 cm³/mol. The Kier molecular flexibility index (Phi) is 49.1. The molecule has 0 aromatic carbocycles. The van der Waals surface area contributed by atoms with Gasteiger partial charge in [-0.05, 0) is 109 Å². The molecule has 366 valence electrons. The number of rotatable bonds is 45. The lowest BCUT2D eigenvalue weighted by atomic mass is 10.1. The molecule has 0 aliphatic carbocycles. The van der Waals surface area contributed by atoms with E-state index < -0.39 is 6.10 Å². The summed E-state index contributed by atoms with van der Waals surface area (Å²) in [4.78, 5) is 37.8. The Morgan fingerprint density at radius 1 is 0.323 bits per heavy atom. The van der Waals surface area contributed by atoms with Crippen molar-refractivity contribution in [1.82, 2.24) is 0 Å². The van der Waals surface area contributed by atoms with Gasteiger partial charge in [0.2, 0.25) is 0 Å². The van der Waals surface area contributed by atoms with Crippen molar-refractivity contribution in [3.63, 3.8) is 0 Å². The van der Waals surface area contributed by atoms with Crippen LogP contribution in [0.25, 0.3) is 0 Å². The summed E-state index contributed by atoms with van der Waals surface area (Å²) in [5.74, 6) is -0.964. The molecule has 0 fully saturated rings. The lowest BCUT2D eigenvalue weighted by Gasteiger charge is -2.18. The number of hydrogen-bond donors (Lipinski definition) is 0. The largest absolute Gasteiger partial charge is 0.462 e. The Bertz CT molecular complexity index is 1400. The average Bonchev–Trinajstić information content (AvgIpc) is 3.30. The van der Waals surface area contributed by atoms with Gasteiger partial charge in [-0.15, -0.1) is 0 Å². The van der Waals surface area contributed by atoms with E-state index in [0.717, 1.165) is 148 Å². The van der Waals surface area contributed by atoms with E-state index in [1.54, 1.807) is 0 Å². The monoisotopic (exact) mass is 899 g/mol. The molecule has 0 saturated heterocycles. The topological polar surface area (TPSA) is 78.9 Å². The highest BCUT2D eigenvalue weighted by molar-refractivity contribution is 5.71. The molecule has 65 heavy (non-hydrogen) atoms. The Labute approximate surface area is 399 Å². The summed E-state index contributed by atoms with van der Waals surface area (Å²) in [5, 5.41) is 0. The van der Waals surface area contributed by atoms with Gasteiger partial charge in [-0.3, -0.25) is 14.4 Å². The van der Waals surface area contributed by atoms with E-state index in [1.165, 1.54) is 25.7 Å². The van der Waals surface area contributed by atoms with Crippen LogP contribution in [0.5, 0.6) is 0 Å². The molecule has 0 amide bonds. The van der Waals surface area contributed by atoms with E-state index in [2.05, 4.69) is 142 Å². The summed E-state index contributed by atoms with van der Waals surface area (Å²) in [6.07, 6.45) is 72.1. The summed E-state index contributed by atoms with van der Waals surface area (Å²) in [6.45, 7) is 6.30. The molecule has 0 bridgehead atoms.